The van der Waals surface area contributed by atoms with E-state index in [2.05, 4.69) is 10.3 Å². The third kappa shape index (κ3) is 2.40. The molecule has 1 aliphatic heterocycles. The van der Waals surface area contributed by atoms with Crippen molar-refractivity contribution in [2.75, 3.05) is 5.32 Å². The summed E-state index contributed by atoms with van der Waals surface area (Å²) in [6, 6.07) is 11.0. The molecule has 0 aliphatic carbocycles. The molecule has 0 saturated heterocycles. The van der Waals surface area contributed by atoms with Crippen LogP contribution in [-0.2, 0) is 4.79 Å². The maximum absolute atomic E-state index is 12.1. The number of nitrogens with zero attached hydrogens (tertiary/aromatic N) is 1. The van der Waals surface area contributed by atoms with Gasteiger partial charge < -0.3 is 10.4 Å². The van der Waals surface area contributed by atoms with Crippen molar-refractivity contribution < 1.29 is 9.90 Å². The standard InChI is InChI=1S/C17H16N2O2/c1-10-6-7-12(8-15(10)20)18-9-13-16-11(2)4-3-5-14(16)19-17(13)21/h3-9,13,20H,1-2H3,(H,19,21). The summed E-state index contributed by atoms with van der Waals surface area (Å²) < 4.78 is 0. The number of carbonyl (C=O) groups is 1. The highest BCUT2D eigenvalue weighted by Gasteiger charge is 2.30. The molecular formula is C17H16N2O2. The molecule has 21 heavy (non-hydrogen) atoms. The van der Waals surface area contributed by atoms with Crippen LogP contribution in [0.3, 0.4) is 0 Å². The fourth-order valence-electron chi connectivity index (χ4n) is 2.52. The van der Waals surface area contributed by atoms with E-state index in [9.17, 15) is 9.90 Å². The van der Waals surface area contributed by atoms with E-state index in [0.717, 1.165) is 22.4 Å². The summed E-state index contributed by atoms with van der Waals surface area (Å²) in [5.74, 6) is -0.249. The molecule has 0 spiro atoms. The summed E-state index contributed by atoms with van der Waals surface area (Å²) in [5, 5.41) is 12.6. The number of fused-ring (bicyclic) bond motifs is 1. The predicted molar refractivity (Wildman–Crippen MR) is 83.5 cm³/mol. The van der Waals surface area contributed by atoms with Crippen molar-refractivity contribution >= 4 is 23.5 Å². The topological polar surface area (TPSA) is 61.7 Å². The van der Waals surface area contributed by atoms with Gasteiger partial charge in [-0.2, -0.15) is 0 Å². The molecule has 106 valence electrons. The fourth-order valence-corrected chi connectivity index (χ4v) is 2.52. The van der Waals surface area contributed by atoms with Crippen LogP contribution in [0.25, 0.3) is 0 Å². The summed E-state index contributed by atoms with van der Waals surface area (Å²) in [6.45, 7) is 3.81. The highest BCUT2D eigenvalue weighted by atomic mass is 16.3. The lowest BCUT2D eigenvalue weighted by Gasteiger charge is -2.06. The van der Waals surface area contributed by atoms with Crippen molar-refractivity contribution in [3.8, 4) is 5.75 Å². The van der Waals surface area contributed by atoms with Gasteiger partial charge in [-0.3, -0.25) is 9.79 Å². The van der Waals surface area contributed by atoms with E-state index in [1.807, 2.05) is 38.1 Å². The molecule has 0 saturated carbocycles. The Morgan fingerprint density at radius 2 is 2.00 bits per heavy atom. The molecule has 0 bridgehead atoms. The molecule has 1 unspecified atom stereocenters. The number of benzene rings is 2. The summed E-state index contributed by atoms with van der Waals surface area (Å²) in [6.07, 6.45) is 1.64. The largest absolute Gasteiger partial charge is 0.508 e. The normalized spacial score (nSPS) is 17.0. The van der Waals surface area contributed by atoms with Gasteiger partial charge >= 0.3 is 0 Å². The van der Waals surface area contributed by atoms with Crippen LogP contribution in [-0.4, -0.2) is 17.2 Å². The molecule has 2 aromatic carbocycles. The number of carbonyl (C=O) groups excluding carboxylic acids is 1. The zero-order valence-corrected chi connectivity index (χ0v) is 11.9. The second kappa shape index (κ2) is 5.05. The number of hydrogen-bond donors (Lipinski definition) is 2. The monoisotopic (exact) mass is 280 g/mol. The number of hydrogen-bond acceptors (Lipinski definition) is 3. The first-order chi connectivity index (χ1) is 10.1. The van der Waals surface area contributed by atoms with Gasteiger partial charge in [0, 0.05) is 18.0 Å². The lowest BCUT2D eigenvalue weighted by atomic mass is 9.97. The van der Waals surface area contributed by atoms with Crippen molar-refractivity contribution in [1.29, 1.82) is 0 Å². The number of aromatic hydroxyl groups is 1. The average molecular weight is 280 g/mol. The minimum Gasteiger partial charge on any atom is -0.508 e. The van der Waals surface area contributed by atoms with E-state index in [1.54, 1.807) is 18.3 Å². The molecule has 2 aromatic rings. The molecule has 0 radical (unpaired) electrons. The number of rotatable bonds is 2. The molecule has 4 heteroatoms. The summed E-state index contributed by atoms with van der Waals surface area (Å²) >= 11 is 0. The minimum absolute atomic E-state index is 0.0700. The van der Waals surface area contributed by atoms with Crippen LogP contribution in [0.4, 0.5) is 11.4 Å². The second-order valence-electron chi connectivity index (χ2n) is 5.25. The number of aryl methyl sites for hydroxylation is 2. The Bertz CT molecular complexity index is 750. The number of amides is 1. The molecule has 0 fully saturated rings. The Morgan fingerprint density at radius 1 is 1.19 bits per heavy atom. The van der Waals surface area contributed by atoms with Gasteiger partial charge in [0.1, 0.15) is 11.7 Å². The Hall–Kier alpha value is -2.62. The molecule has 3 rings (SSSR count). The molecule has 1 aliphatic rings. The number of nitrogens with one attached hydrogen (secondary N) is 1. The number of phenolic OH excluding ortho intramolecular Hbond substituents is 1. The van der Waals surface area contributed by atoms with Gasteiger partial charge in [0.15, 0.2) is 0 Å². The van der Waals surface area contributed by atoms with Gasteiger partial charge in [-0.05, 0) is 42.7 Å². The average Bonchev–Trinajstić information content (AvgIpc) is 2.77. The van der Waals surface area contributed by atoms with Crippen molar-refractivity contribution in [2.24, 2.45) is 4.99 Å². The Morgan fingerprint density at radius 3 is 2.76 bits per heavy atom. The van der Waals surface area contributed by atoms with E-state index < -0.39 is 0 Å². The van der Waals surface area contributed by atoms with Crippen LogP contribution in [0.1, 0.15) is 22.6 Å². The summed E-state index contributed by atoms with van der Waals surface area (Å²) in [4.78, 5) is 16.4. The number of phenols is 1. The maximum Gasteiger partial charge on any atom is 0.237 e. The molecule has 1 amide bonds. The van der Waals surface area contributed by atoms with E-state index in [-0.39, 0.29) is 17.6 Å². The van der Waals surface area contributed by atoms with E-state index >= 15 is 0 Å². The van der Waals surface area contributed by atoms with Crippen LogP contribution < -0.4 is 5.32 Å². The van der Waals surface area contributed by atoms with Crippen LogP contribution in [0.2, 0.25) is 0 Å². The maximum atomic E-state index is 12.1. The van der Waals surface area contributed by atoms with Gasteiger partial charge in [0.05, 0.1) is 5.69 Å². The first kappa shape index (κ1) is 13.4. The van der Waals surface area contributed by atoms with Crippen molar-refractivity contribution in [2.45, 2.75) is 19.8 Å². The summed E-state index contributed by atoms with van der Waals surface area (Å²) in [7, 11) is 0. The predicted octanol–water partition coefficient (Wildman–Crippen LogP) is 3.45. The summed E-state index contributed by atoms with van der Waals surface area (Å²) in [5.41, 5.74) is 4.32. The molecule has 4 nitrogen and oxygen atoms in total. The zero-order chi connectivity index (χ0) is 15.0. The smallest absolute Gasteiger partial charge is 0.237 e. The van der Waals surface area contributed by atoms with E-state index in [0.29, 0.717) is 5.69 Å². The quantitative estimate of drug-likeness (QED) is 0.828. The first-order valence-electron chi connectivity index (χ1n) is 6.80. The van der Waals surface area contributed by atoms with E-state index in [4.69, 9.17) is 0 Å². The third-order valence-electron chi connectivity index (χ3n) is 3.74. The highest BCUT2D eigenvalue weighted by Crippen LogP contribution is 2.34. The minimum atomic E-state index is -0.385. The molecule has 1 atom stereocenters. The molecule has 2 N–H and O–H groups in total. The van der Waals surface area contributed by atoms with Crippen LogP contribution >= 0.6 is 0 Å². The van der Waals surface area contributed by atoms with Gasteiger partial charge in [0.25, 0.3) is 0 Å². The fraction of sp³-hybridized carbons (Fsp3) is 0.176. The van der Waals surface area contributed by atoms with Gasteiger partial charge in [-0.25, -0.2) is 0 Å². The SMILES string of the molecule is Cc1ccc(N=CC2C(=O)Nc3cccc(C)c32)cc1O. The van der Waals surface area contributed by atoms with Crippen LogP contribution in [0.5, 0.6) is 5.75 Å². The lowest BCUT2D eigenvalue weighted by Crippen LogP contribution is -2.13. The van der Waals surface area contributed by atoms with Crippen LogP contribution in [0.15, 0.2) is 41.4 Å². The molecule has 1 heterocycles. The van der Waals surface area contributed by atoms with Crippen molar-refractivity contribution in [1.82, 2.24) is 0 Å². The van der Waals surface area contributed by atoms with Gasteiger partial charge in [-0.1, -0.05) is 18.2 Å². The van der Waals surface area contributed by atoms with Gasteiger partial charge in [0.2, 0.25) is 5.91 Å². The number of anilines is 1. The molecular weight excluding hydrogens is 264 g/mol. The first-order valence-corrected chi connectivity index (χ1v) is 6.80. The van der Waals surface area contributed by atoms with Crippen LogP contribution in [0, 0.1) is 13.8 Å². The highest BCUT2D eigenvalue weighted by molar-refractivity contribution is 6.13. The Kier molecular flexibility index (Phi) is 3.22. The van der Waals surface area contributed by atoms with Gasteiger partial charge in [-0.15, -0.1) is 0 Å². The second-order valence-corrected chi connectivity index (χ2v) is 5.25. The van der Waals surface area contributed by atoms with Crippen molar-refractivity contribution in [3.05, 3.63) is 53.1 Å². The lowest BCUT2D eigenvalue weighted by molar-refractivity contribution is -0.115. The molecule has 0 aromatic heterocycles. The Labute approximate surface area is 123 Å². The van der Waals surface area contributed by atoms with E-state index in [1.165, 1.54) is 0 Å². The van der Waals surface area contributed by atoms with Crippen molar-refractivity contribution in [3.63, 3.8) is 0 Å². The zero-order valence-electron chi connectivity index (χ0n) is 11.9. The number of aliphatic imine (C=N–C) groups is 1. The third-order valence-corrected chi connectivity index (χ3v) is 3.74. The Balaban J connectivity index is 1.93.